The number of aromatic nitrogens is 3. The summed E-state index contributed by atoms with van der Waals surface area (Å²) in [6, 6.07) is 0. The fourth-order valence-electron chi connectivity index (χ4n) is 1.70. The summed E-state index contributed by atoms with van der Waals surface area (Å²) in [6.07, 6.45) is 3.44. The maximum Gasteiger partial charge on any atom is 0.216 e. The lowest BCUT2D eigenvalue weighted by atomic mass is 10.0. The van der Waals surface area contributed by atoms with E-state index in [-0.39, 0.29) is 10.6 Å². The van der Waals surface area contributed by atoms with E-state index in [1.807, 2.05) is 4.40 Å². The lowest BCUT2D eigenvalue weighted by molar-refractivity contribution is 0.0985. The Hall–Kier alpha value is -0.750. The summed E-state index contributed by atoms with van der Waals surface area (Å²) in [4.78, 5) is 13.4. The van der Waals surface area contributed by atoms with E-state index in [0.717, 1.165) is 28.4 Å². The lowest BCUT2D eigenvalue weighted by Gasteiger charge is -2.14. The maximum atomic E-state index is 11.8. The van der Waals surface area contributed by atoms with Crippen LogP contribution in [0.3, 0.4) is 0 Å². The molecule has 0 spiro atoms. The second-order valence-electron chi connectivity index (χ2n) is 3.23. The minimum absolute atomic E-state index is 0.0219. The zero-order valence-corrected chi connectivity index (χ0v) is 9.51. The molecule has 0 saturated carbocycles. The van der Waals surface area contributed by atoms with Crippen molar-refractivity contribution in [3.8, 4) is 0 Å². The molecule has 4 nitrogen and oxygen atoms in total. The number of nitrogens with zero attached hydrogens (tertiary/aromatic N) is 3. The molecule has 0 saturated heterocycles. The molecule has 2 aromatic heterocycles. The van der Waals surface area contributed by atoms with Crippen LogP contribution in [-0.4, -0.2) is 25.2 Å². The van der Waals surface area contributed by atoms with E-state index in [9.17, 15) is 4.79 Å². The minimum Gasteiger partial charge on any atom is -0.292 e. The van der Waals surface area contributed by atoms with Crippen molar-refractivity contribution < 1.29 is 4.79 Å². The van der Waals surface area contributed by atoms with Crippen molar-refractivity contribution in [1.82, 2.24) is 14.6 Å². The highest BCUT2D eigenvalue weighted by Gasteiger charge is 2.29. The number of hydrogen-bond acceptors (Lipinski definition) is 4. The van der Waals surface area contributed by atoms with Crippen molar-refractivity contribution in [2.24, 2.45) is 0 Å². The Kier molecular flexibility index (Phi) is 1.75. The quantitative estimate of drug-likeness (QED) is 0.685. The molecule has 2 aromatic rings. The highest BCUT2D eigenvalue weighted by molar-refractivity contribution is 9.10. The molecule has 6 heteroatoms. The number of alkyl halides is 1. The van der Waals surface area contributed by atoms with Crippen LogP contribution >= 0.6 is 27.3 Å². The van der Waals surface area contributed by atoms with Crippen molar-refractivity contribution in [3.05, 3.63) is 16.9 Å². The molecule has 0 N–H and O–H groups in total. The Bertz CT molecular complexity index is 518. The Labute approximate surface area is 92.1 Å². The number of rotatable bonds is 0. The standard InChI is InChI=1S/C8H6BrN3OS/c9-4-1-2-5-7(6(4)13)14-8-11-10-3-12(5)8/h3-4H,1-2H2. The first-order valence-corrected chi connectivity index (χ1v) is 6.00. The van der Waals surface area contributed by atoms with E-state index in [0.29, 0.717) is 0 Å². The number of carbonyl (C=O) groups is 1. The van der Waals surface area contributed by atoms with Gasteiger partial charge in [0.25, 0.3) is 0 Å². The van der Waals surface area contributed by atoms with Crippen LogP contribution in [0.1, 0.15) is 21.8 Å². The first-order valence-electron chi connectivity index (χ1n) is 4.27. The fraction of sp³-hybridized carbons (Fsp3) is 0.375. The number of carbonyl (C=O) groups excluding carboxylic acids is 1. The summed E-state index contributed by atoms with van der Waals surface area (Å²) in [5.74, 6) is 0.182. The summed E-state index contributed by atoms with van der Waals surface area (Å²) in [7, 11) is 0. The molecule has 0 fully saturated rings. The molecule has 1 unspecified atom stereocenters. The zero-order chi connectivity index (χ0) is 9.71. The SMILES string of the molecule is O=C1c2sc3nncn3c2CCC1Br. The van der Waals surface area contributed by atoms with Crippen LogP contribution in [0.25, 0.3) is 4.96 Å². The second kappa shape index (κ2) is 2.87. The van der Waals surface area contributed by atoms with Crippen molar-refractivity contribution in [2.75, 3.05) is 0 Å². The summed E-state index contributed by atoms with van der Waals surface area (Å²) in [5, 5.41) is 7.76. The fourth-order valence-corrected chi connectivity index (χ4v) is 3.40. The largest absolute Gasteiger partial charge is 0.292 e. The monoisotopic (exact) mass is 271 g/mol. The average molecular weight is 272 g/mol. The number of thiazole rings is 1. The molecule has 2 heterocycles. The van der Waals surface area contributed by atoms with Gasteiger partial charge < -0.3 is 0 Å². The Morgan fingerprint density at radius 2 is 2.50 bits per heavy atom. The molecule has 0 radical (unpaired) electrons. The van der Waals surface area contributed by atoms with Crippen LogP contribution in [0.5, 0.6) is 0 Å². The van der Waals surface area contributed by atoms with Gasteiger partial charge in [-0.2, -0.15) is 0 Å². The van der Waals surface area contributed by atoms with Crippen LogP contribution in [0.15, 0.2) is 6.33 Å². The first kappa shape index (κ1) is 8.55. The maximum absolute atomic E-state index is 11.8. The molecule has 0 amide bonds. The normalized spacial score (nSPS) is 21.5. The zero-order valence-electron chi connectivity index (χ0n) is 7.11. The van der Waals surface area contributed by atoms with Crippen molar-refractivity contribution in [3.63, 3.8) is 0 Å². The summed E-state index contributed by atoms with van der Waals surface area (Å²) in [6.45, 7) is 0. The molecular formula is C8H6BrN3OS. The van der Waals surface area contributed by atoms with E-state index in [1.54, 1.807) is 6.33 Å². The van der Waals surface area contributed by atoms with E-state index < -0.39 is 0 Å². The summed E-state index contributed by atoms with van der Waals surface area (Å²) in [5.41, 5.74) is 1.07. The van der Waals surface area contributed by atoms with Crippen LogP contribution in [0, 0.1) is 0 Å². The second-order valence-corrected chi connectivity index (χ2v) is 5.31. The molecule has 0 aromatic carbocycles. The molecule has 72 valence electrons. The Morgan fingerprint density at radius 3 is 3.36 bits per heavy atom. The van der Waals surface area contributed by atoms with Gasteiger partial charge in [-0.05, 0) is 12.8 Å². The van der Waals surface area contributed by atoms with Gasteiger partial charge in [0.05, 0.1) is 9.70 Å². The van der Waals surface area contributed by atoms with Gasteiger partial charge in [-0.3, -0.25) is 9.20 Å². The number of Topliss-reactive ketones (excluding diaryl/α,β-unsaturated/α-hetero) is 1. The third-order valence-electron chi connectivity index (χ3n) is 2.41. The number of aryl methyl sites for hydroxylation is 1. The lowest BCUT2D eigenvalue weighted by Crippen LogP contribution is -2.21. The number of ketones is 1. The van der Waals surface area contributed by atoms with Crippen molar-refractivity contribution in [2.45, 2.75) is 17.7 Å². The molecule has 1 aliphatic carbocycles. The van der Waals surface area contributed by atoms with Gasteiger partial charge in [-0.15, -0.1) is 10.2 Å². The Balaban J connectivity index is 2.30. The topological polar surface area (TPSA) is 47.3 Å². The number of halogens is 1. The molecule has 0 bridgehead atoms. The van der Waals surface area contributed by atoms with Crippen LogP contribution < -0.4 is 0 Å². The van der Waals surface area contributed by atoms with Gasteiger partial charge in [0.2, 0.25) is 4.96 Å². The van der Waals surface area contributed by atoms with Gasteiger partial charge in [0.1, 0.15) is 6.33 Å². The molecule has 1 atom stereocenters. The van der Waals surface area contributed by atoms with E-state index in [2.05, 4.69) is 26.1 Å². The highest BCUT2D eigenvalue weighted by atomic mass is 79.9. The van der Waals surface area contributed by atoms with Gasteiger partial charge in [-0.1, -0.05) is 27.3 Å². The van der Waals surface area contributed by atoms with Crippen LogP contribution in [0.2, 0.25) is 0 Å². The van der Waals surface area contributed by atoms with Crippen LogP contribution in [0.4, 0.5) is 0 Å². The number of hydrogen-bond donors (Lipinski definition) is 0. The van der Waals surface area contributed by atoms with Crippen molar-refractivity contribution >= 4 is 38.0 Å². The Morgan fingerprint density at radius 1 is 1.64 bits per heavy atom. The van der Waals surface area contributed by atoms with E-state index >= 15 is 0 Å². The van der Waals surface area contributed by atoms with Gasteiger partial charge in [-0.25, -0.2) is 0 Å². The van der Waals surface area contributed by atoms with E-state index in [4.69, 9.17) is 0 Å². The molecule has 14 heavy (non-hydrogen) atoms. The summed E-state index contributed by atoms with van der Waals surface area (Å²) < 4.78 is 1.91. The molecule has 1 aliphatic rings. The highest BCUT2D eigenvalue weighted by Crippen LogP contribution is 2.31. The minimum atomic E-state index is -0.0219. The molecule has 3 rings (SSSR count). The van der Waals surface area contributed by atoms with E-state index in [1.165, 1.54) is 11.3 Å². The number of fused-ring (bicyclic) bond motifs is 3. The third kappa shape index (κ3) is 1.01. The van der Waals surface area contributed by atoms with Crippen molar-refractivity contribution in [1.29, 1.82) is 0 Å². The third-order valence-corrected chi connectivity index (χ3v) is 4.38. The molecule has 0 aliphatic heterocycles. The summed E-state index contributed by atoms with van der Waals surface area (Å²) >= 11 is 4.81. The smallest absolute Gasteiger partial charge is 0.216 e. The predicted molar refractivity (Wildman–Crippen MR) is 56.2 cm³/mol. The van der Waals surface area contributed by atoms with Gasteiger partial charge >= 0.3 is 0 Å². The predicted octanol–water partition coefficient (Wildman–Crippen LogP) is 1.68. The van der Waals surface area contributed by atoms with Crippen LogP contribution in [-0.2, 0) is 6.42 Å². The average Bonchev–Trinajstić information content (AvgIpc) is 2.71. The molecular weight excluding hydrogens is 266 g/mol. The van der Waals surface area contributed by atoms with Gasteiger partial charge in [0.15, 0.2) is 5.78 Å². The van der Waals surface area contributed by atoms with Gasteiger partial charge in [0, 0.05) is 5.69 Å². The first-order chi connectivity index (χ1) is 6.77.